The van der Waals surface area contributed by atoms with Gasteiger partial charge in [-0.15, -0.1) is 0 Å². The van der Waals surface area contributed by atoms with E-state index in [1.54, 1.807) is 26.0 Å². The van der Waals surface area contributed by atoms with Gasteiger partial charge in [-0.25, -0.2) is 17.6 Å². The van der Waals surface area contributed by atoms with Crippen LogP contribution in [0.25, 0.3) is 0 Å². The van der Waals surface area contributed by atoms with E-state index in [1.807, 2.05) is 0 Å². The zero-order chi connectivity index (χ0) is 21.4. The average molecular weight is 424 g/mol. The summed E-state index contributed by atoms with van der Waals surface area (Å²) in [4.78, 5) is 12.1. The smallest absolute Gasteiger partial charge is 0.315 e. The summed E-state index contributed by atoms with van der Waals surface area (Å²) in [5.41, 5.74) is 1.23. The Hall–Kier alpha value is -2.49. The van der Waals surface area contributed by atoms with Crippen LogP contribution in [0.1, 0.15) is 31.1 Å². The fourth-order valence-electron chi connectivity index (χ4n) is 2.73. The predicted octanol–water partition coefficient (Wildman–Crippen LogP) is 2.39. The minimum atomic E-state index is -3.51. The maximum Gasteiger partial charge on any atom is 0.315 e. The Labute approximate surface area is 170 Å². The van der Waals surface area contributed by atoms with E-state index in [4.69, 9.17) is 0 Å². The molecule has 158 valence electrons. The summed E-state index contributed by atoms with van der Waals surface area (Å²) in [6.45, 7) is 4.52. The Balaban J connectivity index is 1.85. The summed E-state index contributed by atoms with van der Waals surface area (Å²) in [6, 6.07) is 11.2. The first kappa shape index (κ1) is 22.8. The van der Waals surface area contributed by atoms with E-state index in [9.17, 15) is 22.7 Å². The second kappa shape index (κ2) is 10.3. The molecule has 0 saturated carbocycles. The molecule has 0 aliphatic carbocycles. The summed E-state index contributed by atoms with van der Waals surface area (Å²) in [6.07, 6.45) is -0.953. The van der Waals surface area contributed by atoms with Gasteiger partial charge < -0.3 is 15.7 Å². The molecular formula is C20H26FN3O4S. The van der Waals surface area contributed by atoms with E-state index in [0.717, 1.165) is 5.56 Å². The monoisotopic (exact) mass is 423 g/mol. The van der Waals surface area contributed by atoms with Crippen LogP contribution >= 0.6 is 0 Å². The lowest BCUT2D eigenvalue weighted by atomic mass is 10.1. The van der Waals surface area contributed by atoms with Gasteiger partial charge in [0.1, 0.15) is 5.82 Å². The number of nitrogens with one attached hydrogen (secondary N) is 2. The van der Waals surface area contributed by atoms with Crippen molar-refractivity contribution in [3.05, 3.63) is 65.5 Å². The molecule has 2 amide bonds. The van der Waals surface area contributed by atoms with Crippen molar-refractivity contribution in [2.24, 2.45) is 0 Å². The highest BCUT2D eigenvalue weighted by Gasteiger charge is 2.21. The first-order valence-corrected chi connectivity index (χ1v) is 10.8. The minimum Gasteiger partial charge on any atom is -0.387 e. The Morgan fingerprint density at radius 2 is 1.62 bits per heavy atom. The van der Waals surface area contributed by atoms with Crippen molar-refractivity contribution in [2.75, 3.05) is 19.6 Å². The fourth-order valence-corrected chi connectivity index (χ4v) is 4.19. The van der Waals surface area contributed by atoms with Crippen molar-refractivity contribution in [3.63, 3.8) is 0 Å². The number of urea groups is 1. The van der Waals surface area contributed by atoms with Crippen LogP contribution in [0.15, 0.2) is 53.4 Å². The van der Waals surface area contributed by atoms with Crippen molar-refractivity contribution in [1.82, 2.24) is 14.9 Å². The highest BCUT2D eigenvalue weighted by Crippen LogP contribution is 2.16. The van der Waals surface area contributed by atoms with Crippen molar-refractivity contribution < 1.29 is 22.7 Å². The molecule has 0 bridgehead atoms. The molecule has 2 rings (SSSR count). The maximum absolute atomic E-state index is 12.9. The summed E-state index contributed by atoms with van der Waals surface area (Å²) < 4.78 is 39.2. The van der Waals surface area contributed by atoms with Crippen LogP contribution < -0.4 is 10.6 Å². The van der Waals surface area contributed by atoms with Gasteiger partial charge in [0, 0.05) is 26.2 Å². The Bertz CT molecular complexity index is 898. The fraction of sp³-hybridized carbons (Fsp3) is 0.350. The van der Waals surface area contributed by atoms with Crippen LogP contribution in [0.2, 0.25) is 0 Å². The Morgan fingerprint density at radius 1 is 1.03 bits per heavy atom. The number of aliphatic hydroxyl groups excluding tert-OH is 1. The molecule has 0 aliphatic rings. The van der Waals surface area contributed by atoms with Crippen LogP contribution in [0.4, 0.5) is 9.18 Å². The molecule has 2 aromatic rings. The second-order valence-electron chi connectivity index (χ2n) is 6.36. The minimum absolute atomic E-state index is 0.0292. The highest BCUT2D eigenvalue weighted by atomic mass is 32.2. The molecule has 0 aromatic heterocycles. The molecule has 0 saturated heterocycles. The van der Waals surface area contributed by atoms with Gasteiger partial charge in [-0.2, -0.15) is 4.31 Å². The lowest BCUT2D eigenvalue weighted by molar-refractivity contribution is 0.173. The van der Waals surface area contributed by atoms with Gasteiger partial charge in [0.2, 0.25) is 10.0 Å². The van der Waals surface area contributed by atoms with Gasteiger partial charge in [0.15, 0.2) is 0 Å². The molecule has 0 fully saturated rings. The standard InChI is InChI=1S/C20H26FN3O4S/c1-3-24(4-2)29(27,28)18-11-5-15(6-12-18)13-22-20(26)23-14-19(25)16-7-9-17(21)10-8-16/h5-12,19,25H,3-4,13-14H2,1-2H3,(H2,22,23,26). The Kier molecular flexibility index (Phi) is 8.12. The van der Waals surface area contributed by atoms with E-state index in [1.165, 1.54) is 40.7 Å². The molecule has 0 aliphatic heterocycles. The lowest BCUT2D eigenvalue weighted by Gasteiger charge is -2.18. The predicted molar refractivity (Wildman–Crippen MR) is 108 cm³/mol. The first-order valence-electron chi connectivity index (χ1n) is 9.32. The van der Waals surface area contributed by atoms with Crippen molar-refractivity contribution in [2.45, 2.75) is 31.4 Å². The largest absolute Gasteiger partial charge is 0.387 e. The number of hydrogen-bond acceptors (Lipinski definition) is 4. The number of rotatable bonds is 9. The van der Waals surface area contributed by atoms with Crippen molar-refractivity contribution in [3.8, 4) is 0 Å². The van der Waals surface area contributed by atoms with Crippen LogP contribution in [0.5, 0.6) is 0 Å². The molecule has 29 heavy (non-hydrogen) atoms. The first-order chi connectivity index (χ1) is 13.8. The molecular weight excluding hydrogens is 397 g/mol. The van der Waals surface area contributed by atoms with E-state index in [0.29, 0.717) is 18.7 Å². The van der Waals surface area contributed by atoms with Gasteiger partial charge in [-0.3, -0.25) is 0 Å². The molecule has 1 atom stereocenters. The molecule has 2 aromatic carbocycles. The third-order valence-electron chi connectivity index (χ3n) is 4.43. The normalized spacial score (nSPS) is 12.6. The van der Waals surface area contributed by atoms with Crippen LogP contribution in [0, 0.1) is 5.82 Å². The molecule has 0 heterocycles. The summed E-state index contributed by atoms with van der Waals surface area (Å²) in [5, 5.41) is 15.2. The number of nitrogens with zero attached hydrogens (tertiary/aromatic N) is 1. The number of hydrogen-bond donors (Lipinski definition) is 3. The number of sulfonamides is 1. The molecule has 0 spiro atoms. The third kappa shape index (κ3) is 6.25. The van der Waals surface area contributed by atoms with Gasteiger partial charge in [0.05, 0.1) is 11.0 Å². The van der Waals surface area contributed by atoms with Crippen LogP contribution in [-0.4, -0.2) is 43.5 Å². The average Bonchev–Trinajstić information content (AvgIpc) is 2.72. The zero-order valence-electron chi connectivity index (χ0n) is 16.4. The Morgan fingerprint density at radius 3 is 2.17 bits per heavy atom. The number of benzene rings is 2. The number of aliphatic hydroxyl groups is 1. The summed E-state index contributed by atoms with van der Waals surface area (Å²) >= 11 is 0. The van der Waals surface area contributed by atoms with E-state index < -0.39 is 28.0 Å². The highest BCUT2D eigenvalue weighted by molar-refractivity contribution is 7.89. The molecule has 9 heteroatoms. The van der Waals surface area contributed by atoms with Gasteiger partial charge >= 0.3 is 6.03 Å². The lowest BCUT2D eigenvalue weighted by Crippen LogP contribution is -2.37. The van der Waals surface area contributed by atoms with Gasteiger partial charge in [0.25, 0.3) is 0 Å². The van der Waals surface area contributed by atoms with Crippen molar-refractivity contribution in [1.29, 1.82) is 0 Å². The molecule has 7 nitrogen and oxygen atoms in total. The number of carbonyl (C=O) groups excluding carboxylic acids is 1. The van der Waals surface area contributed by atoms with E-state index >= 15 is 0 Å². The van der Waals surface area contributed by atoms with E-state index in [2.05, 4.69) is 10.6 Å². The molecule has 1 unspecified atom stereocenters. The zero-order valence-corrected chi connectivity index (χ0v) is 17.2. The second-order valence-corrected chi connectivity index (χ2v) is 8.30. The summed E-state index contributed by atoms with van der Waals surface area (Å²) in [7, 11) is -3.51. The van der Waals surface area contributed by atoms with Gasteiger partial charge in [-0.1, -0.05) is 38.1 Å². The topological polar surface area (TPSA) is 98.7 Å². The maximum atomic E-state index is 12.9. The third-order valence-corrected chi connectivity index (χ3v) is 6.49. The summed E-state index contributed by atoms with van der Waals surface area (Å²) in [5.74, 6) is -0.400. The molecule has 3 N–H and O–H groups in total. The van der Waals surface area contributed by atoms with Crippen LogP contribution in [0.3, 0.4) is 0 Å². The number of halogens is 1. The van der Waals surface area contributed by atoms with Gasteiger partial charge in [-0.05, 0) is 35.4 Å². The molecule has 0 radical (unpaired) electrons. The SMILES string of the molecule is CCN(CC)S(=O)(=O)c1ccc(CNC(=O)NCC(O)c2ccc(F)cc2)cc1. The van der Waals surface area contributed by atoms with Crippen LogP contribution in [-0.2, 0) is 16.6 Å². The number of amides is 2. The van der Waals surface area contributed by atoms with Crippen molar-refractivity contribution >= 4 is 16.1 Å². The quantitative estimate of drug-likeness (QED) is 0.577. The number of carbonyl (C=O) groups is 1. The van der Waals surface area contributed by atoms with E-state index in [-0.39, 0.29) is 18.0 Å².